The highest BCUT2D eigenvalue weighted by atomic mass is 31.2. The molecule has 0 spiro atoms. The number of phosphoric ester groups is 1. The predicted molar refractivity (Wildman–Crippen MR) is 227 cm³/mol. The number of hydrogen-bond acceptors (Lipinski definition) is 8. The van der Waals surface area contributed by atoms with E-state index in [0.29, 0.717) is 23.9 Å². The lowest BCUT2D eigenvalue weighted by Gasteiger charge is -2.28. The van der Waals surface area contributed by atoms with Gasteiger partial charge in [-0.15, -0.1) is 0 Å². The lowest BCUT2D eigenvalue weighted by Crippen LogP contribution is -2.37. The van der Waals surface area contributed by atoms with Gasteiger partial charge in [-0.3, -0.25) is 14.2 Å². The van der Waals surface area contributed by atoms with Crippen LogP contribution in [-0.2, 0) is 32.7 Å². The maximum Gasteiger partial charge on any atom is 0.306 e. The van der Waals surface area contributed by atoms with Crippen molar-refractivity contribution in [2.24, 2.45) is 0 Å². The SMILES string of the molecule is CC/C=C/C=C/C=C/C=C/CCCCCCCC(=O)OC[C@H](COP(=O)([O-])OCC[N+](C)(C)C)OC(=O)CCCCCCCCCCCCCCCCCC. The van der Waals surface area contributed by atoms with E-state index >= 15 is 0 Å². The van der Waals surface area contributed by atoms with Gasteiger partial charge in [0, 0.05) is 12.8 Å². The van der Waals surface area contributed by atoms with Crippen LogP contribution in [0.25, 0.3) is 0 Å². The normalized spacial score (nSPS) is 14.1. The Labute approximate surface area is 337 Å². The molecule has 0 heterocycles. The summed E-state index contributed by atoms with van der Waals surface area (Å²) >= 11 is 0. The molecule has 0 rings (SSSR count). The van der Waals surface area contributed by atoms with Crippen LogP contribution in [0.15, 0.2) is 48.6 Å². The monoisotopic (exact) mass is 796 g/mol. The van der Waals surface area contributed by atoms with E-state index in [4.69, 9.17) is 18.5 Å². The van der Waals surface area contributed by atoms with Crippen LogP contribution in [0.3, 0.4) is 0 Å². The summed E-state index contributed by atoms with van der Waals surface area (Å²) in [7, 11) is 1.15. The lowest BCUT2D eigenvalue weighted by atomic mass is 10.0. The van der Waals surface area contributed by atoms with E-state index in [9.17, 15) is 19.0 Å². The van der Waals surface area contributed by atoms with Crippen LogP contribution in [0.2, 0.25) is 0 Å². The van der Waals surface area contributed by atoms with E-state index in [1.54, 1.807) is 0 Å². The first-order chi connectivity index (χ1) is 26.5. The molecule has 0 radical (unpaired) electrons. The molecule has 0 saturated heterocycles. The summed E-state index contributed by atoms with van der Waals surface area (Å²) in [5.74, 6) is -0.860. The summed E-state index contributed by atoms with van der Waals surface area (Å²) < 4.78 is 33.9. The third kappa shape index (κ3) is 41.4. The first kappa shape index (κ1) is 53.0. The number of ether oxygens (including phenoxy) is 2. The van der Waals surface area contributed by atoms with Crippen LogP contribution < -0.4 is 4.89 Å². The molecule has 0 aliphatic heterocycles. The number of allylic oxidation sites excluding steroid dienone is 8. The van der Waals surface area contributed by atoms with Gasteiger partial charge in [0.05, 0.1) is 27.7 Å². The van der Waals surface area contributed by atoms with Crippen molar-refractivity contribution in [2.45, 2.75) is 180 Å². The molecule has 0 aromatic rings. The molecule has 9 nitrogen and oxygen atoms in total. The maximum atomic E-state index is 12.7. The van der Waals surface area contributed by atoms with Crippen molar-refractivity contribution in [2.75, 3.05) is 47.5 Å². The Morgan fingerprint density at radius 1 is 0.582 bits per heavy atom. The first-order valence-corrected chi connectivity index (χ1v) is 23.4. The first-order valence-electron chi connectivity index (χ1n) is 21.9. The van der Waals surface area contributed by atoms with Gasteiger partial charge in [0.1, 0.15) is 19.8 Å². The highest BCUT2D eigenvalue weighted by molar-refractivity contribution is 7.45. The smallest absolute Gasteiger partial charge is 0.306 e. The Bertz CT molecular complexity index is 1080. The summed E-state index contributed by atoms with van der Waals surface area (Å²) in [5.41, 5.74) is 0. The predicted octanol–water partition coefficient (Wildman–Crippen LogP) is 11.7. The van der Waals surface area contributed by atoms with Crippen LogP contribution in [-0.4, -0.2) is 70.0 Å². The van der Waals surface area contributed by atoms with Crippen molar-refractivity contribution in [3.63, 3.8) is 0 Å². The minimum atomic E-state index is -4.63. The number of quaternary nitrogens is 1. The minimum absolute atomic E-state index is 0.0355. The number of likely N-dealkylation sites (N-methyl/N-ethyl adjacent to an activating group) is 1. The van der Waals surface area contributed by atoms with E-state index in [-0.39, 0.29) is 26.1 Å². The van der Waals surface area contributed by atoms with Crippen LogP contribution in [0, 0.1) is 0 Å². The third-order valence-electron chi connectivity index (χ3n) is 9.21. The zero-order valence-electron chi connectivity index (χ0n) is 35.9. The van der Waals surface area contributed by atoms with Gasteiger partial charge in [-0.25, -0.2) is 0 Å². The standard InChI is InChI=1S/C45H82NO8P/c1-6-8-10-12-14-16-18-20-22-24-26-28-30-32-34-36-38-45(48)54-43(42-53-55(49,50)52-40-39-46(3,4)5)41-51-44(47)37-35-33-31-29-27-25-23-21-19-17-15-13-11-9-7-2/h9,11,13,15,17,19,21,23,43H,6-8,10,12,14,16,18,20,22,24-42H2,1-5H3/b11-9+,15-13+,19-17+,23-21+/t43-/m1/s1. The van der Waals surface area contributed by atoms with Crippen LogP contribution in [0.1, 0.15) is 174 Å². The van der Waals surface area contributed by atoms with Gasteiger partial charge in [-0.05, 0) is 32.1 Å². The summed E-state index contributed by atoms with van der Waals surface area (Å²) in [6.07, 6.45) is 42.7. The average molecular weight is 796 g/mol. The van der Waals surface area contributed by atoms with Crippen LogP contribution in [0.4, 0.5) is 0 Å². The van der Waals surface area contributed by atoms with E-state index in [1.165, 1.54) is 77.0 Å². The fourth-order valence-corrected chi connectivity index (χ4v) is 6.51. The highest BCUT2D eigenvalue weighted by Gasteiger charge is 2.21. The summed E-state index contributed by atoms with van der Waals surface area (Å²) in [5, 5.41) is 0. The van der Waals surface area contributed by atoms with Crippen LogP contribution >= 0.6 is 7.82 Å². The minimum Gasteiger partial charge on any atom is -0.756 e. The second-order valence-electron chi connectivity index (χ2n) is 15.8. The lowest BCUT2D eigenvalue weighted by molar-refractivity contribution is -0.870. The Kier molecular flexibility index (Phi) is 36.2. The number of hydrogen-bond donors (Lipinski definition) is 0. The quantitative estimate of drug-likeness (QED) is 0.0199. The Morgan fingerprint density at radius 2 is 1.04 bits per heavy atom. The second-order valence-corrected chi connectivity index (χ2v) is 17.2. The molecule has 0 aromatic carbocycles. The number of carbonyl (C=O) groups is 2. The maximum absolute atomic E-state index is 12.7. The Morgan fingerprint density at radius 3 is 1.55 bits per heavy atom. The number of rotatable bonds is 39. The molecule has 0 amide bonds. The van der Waals surface area contributed by atoms with E-state index < -0.39 is 32.5 Å². The zero-order valence-corrected chi connectivity index (χ0v) is 36.8. The summed E-state index contributed by atoms with van der Waals surface area (Å²) in [6, 6.07) is 0. The molecule has 0 aromatic heterocycles. The molecule has 320 valence electrons. The molecular formula is C45H82NO8P. The average Bonchev–Trinajstić information content (AvgIpc) is 3.13. The highest BCUT2D eigenvalue weighted by Crippen LogP contribution is 2.38. The van der Waals surface area contributed by atoms with Gasteiger partial charge in [-0.2, -0.15) is 0 Å². The van der Waals surface area contributed by atoms with Crippen molar-refractivity contribution in [3.8, 4) is 0 Å². The van der Waals surface area contributed by atoms with Crippen molar-refractivity contribution in [1.82, 2.24) is 0 Å². The van der Waals surface area contributed by atoms with E-state index in [2.05, 4.69) is 32.1 Å². The molecule has 0 N–H and O–H groups in total. The Hall–Kier alpha value is -2.03. The molecule has 0 saturated carbocycles. The number of nitrogens with zero attached hydrogens (tertiary/aromatic N) is 1. The number of unbranched alkanes of at least 4 members (excludes halogenated alkanes) is 20. The fourth-order valence-electron chi connectivity index (χ4n) is 5.78. The molecular weight excluding hydrogens is 713 g/mol. The summed E-state index contributed by atoms with van der Waals surface area (Å²) in [6.45, 7) is 4.06. The van der Waals surface area contributed by atoms with Crippen molar-refractivity contribution in [1.29, 1.82) is 0 Å². The van der Waals surface area contributed by atoms with Crippen molar-refractivity contribution < 1.29 is 42.1 Å². The van der Waals surface area contributed by atoms with E-state index in [0.717, 1.165) is 57.8 Å². The van der Waals surface area contributed by atoms with Crippen LogP contribution in [0.5, 0.6) is 0 Å². The number of carbonyl (C=O) groups excluding carboxylic acids is 2. The number of phosphoric acid groups is 1. The zero-order chi connectivity index (χ0) is 40.7. The van der Waals surface area contributed by atoms with Gasteiger partial charge < -0.3 is 27.9 Å². The molecule has 0 bridgehead atoms. The fraction of sp³-hybridized carbons (Fsp3) is 0.778. The number of esters is 2. The van der Waals surface area contributed by atoms with Gasteiger partial charge in [0.15, 0.2) is 6.10 Å². The topological polar surface area (TPSA) is 111 Å². The molecule has 10 heteroatoms. The molecule has 1 unspecified atom stereocenters. The second kappa shape index (κ2) is 37.5. The molecule has 0 aliphatic rings. The molecule has 55 heavy (non-hydrogen) atoms. The van der Waals surface area contributed by atoms with Gasteiger partial charge in [0.25, 0.3) is 7.82 Å². The third-order valence-corrected chi connectivity index (χ3v) is 10.2. The van der Waals surface area contributed by atoms with Crippen molar-refractivity contribution >= 4 is 19.8 Å². The molecule has 0 fully saturated rings. The van der Waals surface area contributed by atoms with Gasteiger partial charge in [-0.1, -0.05) is 178 Å². The Balaban J connectivity index is 4.39. The largest absolute Gasteiger partial charge is 0.756 e. The summed E-state index contributed by atoms with van der Waals surface area (Å²) in [4.78, 5) is 37.5. The van der Waals surface area contributed by atoms with Gasteiger partial charge in [0.2, 0.25) is 0 Å². The van der Waals surface area contributed by atoms with Crippen molar-refractivity contribution in [3.05, 3.63) is 48.6 Å². The molecule has 2 atom stereocenters. The molecule has 0 aliphatic carbocycles. The van der Waals surface area contributed by atoms with Gasteiger partial charge >= 0.3 is 11.9 Å². The van der Waals surface area contributed by atoms with E-state index in [1.807, 2.05) is 51.5 Å².